The third-order valence-electron chi connectivity index (χ3n) is 5.45. The summed E-state index contributed by atoms with van der Waals surface area (Å²) in [6, 6.07) is 17.5. The molecule has 1 amide bonds. The van der Waals surface area contributed by atoms with Crippen molar-refractivity contribution in [3.63, 3.8) is 0 Å². The summed E-state index contributed by atoms with van der Waals surface area (Å²) in [5, 5.41) is 0.684. The smallest absolute Gasteiger partial charge is 0.260 e. The van der Waals surface area contributed by atoms with E-state index in [9.17, 15) is 4.79 Å². The minimum Gasteiger partial charge on any atom is -0.494 e. The number of ether oxygens (including phenoxy) is 1. The maximum Gasteiger partial charge on any atom is 0.260 e. The summed E-state index contributed by atoms with van der Waals surface area (Å²) in [5.41, 5.74) is 3.68. The van der Waals surface area contributed by atoms with Crippen LogP contribution < -0.4 is 9.64 Å². The van der Waals surface area contributed by atoms with Gasteiger partial charge in [-0.2, -0.15) is 0 Å². The minimum atomic E-state index is -0.107. The van der Waals surface area contributed by atoms with Gasteiger partial charge in [-0.1, -0.05) is 62.8 Å². The van der Waals surface area contributed by atoms with Crippen molar-refractivity contribution in [1.29, 1.82) is 0 Å². The topological polar surface area (TPSA) is 55.3 Å². The fourth-order valence-electron chi connectivity index (χ4n) is 3.65. The second-order valence-corrected chi connectivity index (χ2v) is 9.34. The predicted molar refractivity (Wildman–Crippen MR) is 135 cm³/mol. The number of thiazole rings is 1. The molecule has 0 saturated carbocycles. The molecule has 0 fully saturated rings. The SMILES string of the molecule is CCCCOc1cccc(C(=O)N(Cc2cccnc2)c2nc3c(C(C)C)cccc3s2)c1. The van der Waals surface area contributed by atoms with Gasteiger partial charge in [0.1, 0.15) is 5.75 Å². The van der Waals surface area contributed by atoms with Gasteiger partial charge in [0.2, 0.25) is 0 Å². The summed E-state index contributed by atoms with van der Waals surface area (Å²) in [4.78, 5) is 24.6. The van der Waals surface area contributed by atoms with E-state index in [4.69, 9.17) is 9.72 Å². The van der Waals surface area contributed by atoms with E-state index >= 15 is 0 Å². The lowest BCUT2D eigenvalue weighted by atomic mass is 10.0. The van der Waals surface area contributed by atoms with E-state index in [1.807, 2.05) is 36.4 Å². The molecule has 6 heteroatoms. The highest BCUT2D eigenvalue weighted by molar-refractivity contribution is 7.22. The first-order valence-electron chi connectivity index (χ1n) is 11.4. The molecule has 0 spiro atoms. The second kappa shape index (κ2) is 10.6. The Balaban J connectivity index is 1.72. The zero-order chi connectivity index (χ0) is 23.2. The van der Waals surface area contributed by atoms with Crippen LogP contribution in [0.4, 0.5) is 5.13 Å². The van der Waals surface area contributed by atoms with Crippen LogP contribution in [0.1, 0.15) is 61.0 Å². The van der Waals surface area contributed by atoms with Crippen LogP contribution >= 0.6 is 11.3 Å². The summed E-state index contributed by atoms with van der Waals surface area (Å²) in [7, 11) is 0. The molecule has 0 bridgehead atoms. The van der Waals surface area contributed by atoms with Gasteiger partial charge < -0.3 is 4.74 Å². The Hall–Kier alpha value is -3.25. The molecule has 0 saturated heterocycles. The van der Waals surface area contributed by atoms with Gasteiger partial charge in [0.05, 0.1) is 23.4 Å². The van der Waals surface area contributed by atoms with E-state index in [1.54, 1.807) is 28.6 Å². The Morgan fingerprint density at radius 2 is 1.97 bits per heavy atom. The Morgan fingerprint density at radius 3 is 2.73 bits per heavy atom. The largest absolute Gasteiger partial charge is 0.494 e. The molecule has 0 N–H and O–H groups in total. The highest BCUT2D eigenvalue weighted by Gasteiger charge is 2.23. The van der Waals surface area contributed by atoms with Crippen LogP contribution in [-0.2, 0) is 6.54 Å². The van der Waals surface area contributed by atoms with E-state index < -0.39 is 0 Å². The average Bonchev–Trinajstić information content (AvgIpc) is 3.27. The van der Waals surface area contributed by atoms with Crippen molar-refractivity contribution in [2.24, 2.45) is 0 Å². The molecule has 2 aromatic carbocycles. The van der Waals surface area contributed by atoms with Crippen LogP contribution in [0, 0.1) is 0 Å². The number of anilines is 1. The third-order valence-corrected chi connectivity index (χ3v) is 6.49. The van der Waals surface area contributed by atoms with Gasteiger partial charge in [-0.3, -0.25) is 14.7 Å². The van der Waals surface area contributed by atoms with Crippen molar-refractivity contribution in [2.75, 3.05) is 11.5 Å². The lowest BCUT2D eigenvalue weighted by molar-refractivity contribution is 0.0984. The monoisotopic (exact) mass is 459 g/mol. The number of amides is 1. The number of unbranched alkanes of at least 4 members (excludes halogenated alkanes) is 1. The minimum absolute atomic E-state index is 0.107. The van der Waals surface area contributed by atoms with Crippen molar-refractivity contribution >= 4 is 32.6 Å². The molecule has 0 aliphatic carbocycles. The quantitative estimate of drug-likeness (QED) is 0.257. The van der Waals surface area contributed by atoms with Crippen LogP contribution in [0.3, 0.4) is 0 Å². The molecule has 0 aliphatic heterocycles. The number of carbonyl (C=O) groups is 1. The van der Waals surface area contributed by atoms with E-state index in [1.165, 1.54) is 5.56 Å². The number of nitrogens with zero attached hydrogens (tertiary/aromatic N) is 3. The van der Waals surface area contributed by atoms with Gasteiger partial charge in [-0.05, 0) is 53.8 Å². The molecule has 0 unspecified atom stereocenters. The van der Waals surface area contributed by atoms with Crippen LogP contribution in [0.5, 0.6) is 5.75 Å². The molecule has 0 atom stereocenters. The van der Waals surface area contributed by atoms with Crippen molar-refractivity contribution in [3.8, 4) is 5.75 Å². The summed E-state index contributed by atoms with van der Waals surface area (Å²) in [5.74, 6) is 0.954. The fourth-order valence-corrected chi connectivity index (χ4v) is 4.65. The lowest BCUT2D eigenvalue weighted by Crippen LogP contribution is -2.30. The zero-order valence-corrected chi connectivity index (χ0v) is 20.1. The molecule has 33 heavy (non-hydrogen) atoms. The van der Waals surface area contributed by atoms with Gasteiger partial charge in [-0.25, -0.2) is 4.98 Å². The summed E-state index contributed by atoms with van der Waals surface area (Å²) >= 11 is 1.54. The molecule has 2 aromatic heterocycles. The van der Waals surface area contributed by atoms with Gasteiger partial charge in [0.25, 0.3) is 5.91 Å². The molecule has 5 nitrogen and oxygen atoms in total. The Morgan fingerprint density at radius 1 is 1.12 bits per heavy atom. The Labute approximate surface area is 199 Å². The number of para-hydroxylation sites is 1. The van der Waals surface area contributed by atoms with Crippen molar-refractivity contribution in [2.45, 2.75) is 46.1 Å². The molecule has 4 rings (SSSR count). The molecular formula is C27H29N3O2S. The molecule has 2 heterocycles. The first-order valence-corrected chi connectivity index (χ1v) is 12.2. The molecular weight excluding hydrogens is 430 g/mol. The summed E-state index contributed by atoms with van der Waals surface area (Å²) in [6.45, 7) is 7.49. The van der Waals surface area contributed by atoms with E-state index in [2.05, 4.69) is 44.0 Å². The van der Waals surface area contributed by atoms with E-state index in [0.29, 0.717) is 35.5 Å². The van der Waals surface area contributed by atoms with Crippen LogP contribution in [-0.4, -0.2) is 22.5 Å². The second-order valence-electron chi connectivity index (χ2n) is 8.33. The third kappa shape index (κ3) is 5.40. The fraction of sp³-hybridized carbons (Fsp3) is 0.296. The maximum atomic E-state index is 13.7. The van der Waals surface area contributed by atoms with Crippen molar-refractivity contribution in [3.05, 3.63) is 83.7 Å². The van der Waals surface area contributed by atoms with Gasteiger partial charge in [0.15, 0.2) is 5.13 Å². The van der Waals surface area contributed by atoms with Crippen LogP contribution in [0.15, 0.2) is 67.0 Å². The highest BCUT2D eigenvalue weighted by atomic mass is 32.1. The zero-order valence-electron chi connectivity index (χ0n) is 19.3. The van der Waals surface area contributed by atoms with E-state index in [-0.39, 0.29) is 5.91 Å². The number of hydrogen-bond acceptors (Lipinski definition) is 5. The lowest BCUT2D eigenvalue weighted by Gasteiger charge is -2.20. The average molecular weight is 460 g/mol. The van der Waals surface area contributed by atoms with Crippen molar-refractivity contribution in [1.82, 2.24) is 9.97 Å². The summed E-state index contributed by atoms with van der Waals surface area (Å²) < 4.78 is 6.92. The number of hydrogen-bond donors (Lipinski definition) is 0. The number of benzene rings is 2. The number of aromatic nitrogens is 2. The highest BCUT2D eigenvalue weighted by Crippen LogP contribution is 2.35. The maximum absolute atomic E-state index is 13.7. The van der Waals surface area contributed by atoms with E-state index in [0.717, 1.165) is 28.6 Å². The number of fused-ring (bicyclic) bond motifs is 1. The Kier molecular flexibility index (Phi) is 7.35. The molecule has 4 aromatic rings. The predicted octanol–water partition coefficient (Wildman–Crippen LogP) is 6.84. The summed E-state index contributed by atoms with van der Waals surface area (Å²) in [6.07, 6.45) is 5.57. The van der Waals surface area contributed by atoms with Gasteiger partial charge in [0, 0.05) is 18.0 Å². The first-order chi connectivity index (χ1) is 16.1. The van der Waals surface area contributed by atoms with Gasteiger partial charge in [-0.15, -0.1) is 0 Å². The van der Waals surface area contributed by atoms with Crippen molar-refractivity contribution < 1.29 is 9.53 Å². The first kappa shape index (κ1) is 22.9. The number of rotatable bonds is 9. The molecule has 0 aliphatic rings. The number of carbonyl (C=O) groups excluding carboxylic acids is 1. The van der Waals surface area contributed by atoms with Crippen LogP contribution in [0.25, 0.3) is 10.2 Å². The number of pyridine rings is 1. The van der Waals surface area contributed by atoms with Gasteiger partial charge >= 0.3 is 0 Å². The van der Waals surface area contributed by atoms with Crippen LogP contribution in [0.2, 0.25) is 0 Å². The Bertz CT molecular complexity index is 1220. The molecule has 170 valence electrons. The molecule has 0 radical (unpaired) electrons. The normalized spacial score (nSPS) is 11.2. The standard InChI is InChI=1S/C27H29N3O2S/c1-4-5-15-32-22-11-6-10-21(16-22)26(31)30(18-20-9-8-14-28-17-20)27-29-25-23(19(2)3)12-7-13-24(25)33-27/h6-14,16-17,19H,4-5,15,18H2,1-3H3.